The van der Waals surface area contributed by atoms with Crippen LogP contribution in [-0.2, 0) is 16.0 Å². The molecule has 1 aliphatic heterocycles. The van der Waals surface area contributed by atoms with Gasteiger partial charge in [-0.1, -0.05) is 18.5 Å². The van der Waals surface area contributed by atoms with E-state index in [-0.39, 0.29) is 12.3 Å². The van der Waals surface area contributed by atoms with Crippen molar-refractivity contribution in [1.29, 1.82) is 0 Å². The van der Waals surface area contributed by atoms with Gasteiger partial charge >= 0.3 is 5.97 Å². The first-order chi connectivity index (χ1) is 8.97. The zero-order valence-corrected chi connectivity index (χ0v) is 12.2. The summed E-state index contributed by atoms with van der Waals surface area (Å²) >= 11 is 7.19. The highest BCUT2D eigenvalue weighted by Gasteiger charge is 2.34. The maximum Gasteiger partial charge on any atom is 0.326 e. The van der Waals surface area contributed by atoms with Crippen molar-refractivity contribution in [1.82, 2.24) is 4.90 Å². The van der Waals surface area contributed by atoms with Crippen molar-refractivity contribution in [3.05, 3.63) is 21.3 Å². The molecule has 1 N–H and O–H groups in total. The maximum atomic E-state index is 12.2. The van der Waals surface area contributed by atoms with Crippen LogP contribution in [0.4, 0.5) is 0 Å². The normalized spacial score (nSPS) is 23.4. The number of carboxylic acids is 1. The summed E-state index contributed by atoms with van der Waals surface area (Å²) in [4.78, 5) is 25.9. The van der Waals surface area contributed by atoms with Gasteiger partial charge in [-0.3, -0.25) is 4.79 Å². The molecule has 104 valence electrons. The molecule has 0 aliphatic carbocycles. The largest absolute Gasteiger partial charge is 0.480 e. The van der Waals surface area contributed by atoms with Crippen molar-refractivity contribution < 1.29 is 14.7 Å². The fraction of sp³-hybridized carbons (Fsp3) is 0.538. The second kappa shape index (κ2) is 5.92. The number of carboxylic acid groups (broad SMARTS) is 1. The van der Waals surface area contributed by atoms with Crippen LogP contribution in [-0.4, -0.2) is 34.5 Å². The second-order valence-corrected chi connectivity index (χ2v) is 6.75. The summed E-state index contributed by atoms with van der Waals surface area (Å²) in [6.45, 7) is 2.55. The van der Waals surface area contributed by atoms with Crippen LogP contribution in [0, 0.1) is 5.92 Å². The highest BCUT2D eigenvalue weighted by atomic mass is 35.5. The summed E-state index contributed by atoms with van der Waals surface area (Å²) in [5.74, 6) is -0.691. The van der Waals surface area contributed by atoms with Crippen molar-refractivity contribution in [3.63, 3.8) is 0 Å². The van der Waals surface area contributed by atoms with Crippen LogP contribution in [0.15, 0.2) is 12.1 Å². The summed E-state index contributed by atoms with van der Waals surface area (Å²) in [6, 6.07) is 2.88. The third-order valence-corrected chi connectivity index (χ3v) is 4.66. The fourth-order valence-corrected chi connectivity index (χ4v) is 3.45. The Morgan fingerprint density at radius 1 is 1.53 bits per heavy atom. The lowest BCUT2D eigenvalue weighted by Crippen LogP contribution is -2.50. The highest BCUT2D eigenvalue weighted by Crippen LogP contribution is 2.26. The molecule has 1 fully saturated rings. The number of amides is 1. The number of halogens is 1. The first kappa shape index (κ1) is 14.3. The Bertz CT molecular complexity index is 488. The molecule has 19 heavy (non-hydrogen) atoms. The van der Waals surface area contributed by atoms with Gasteiger partial charge in [0.1, 0.15) is 6.04 Å². The van der Waals surface area contributed by atoms with Crippen LogP contribution >= 0.6 is 22.9 Å². The van der Waals surface area contributed by atoms with Crippen molar-refractivity contribution in [2.24, 2.45) is 5.92 Å². The number of hydrogen-bond donors (Lipinski definition) is 1. The number of carbonyl (C=O) groups excluding carboxylic acids is 1. The number of hydrogen-bond acceptors (Lipinski definition) is 3. The molecule has 0 radical (unpaired) electrons. The molecule has 1 amide bonds. The number of nitrogens with zero attached hydrogens (tertiary/aromatic N) is 1. The molecular weight excluding hydrogens is 286 g/mol. The van der Waals surface area contributed by atoms with Gasteiger partial charge in [0.05, 0.1) is 10.8 Å². The van der Waals surface area contributed by atoms with Gasteiger partial charge in [0.25, 0.3) is 0 Å². The van der Waals surface area contributed by atoms with E-state index >= 15 is 0 Å². The third kappa shape index (κ3) is 3.48. The Labute approximate surface area is 121 Å². The smallest absolute Gasteiger partial charge is 0.326 e. The zero-order valence-electron chi connectivity index (χ0n) is 10.6. The van der Waals surface area contributed by atoms with Gasteiger partial charge < -0.3 is 10.0 Å². The van der Waals surface area contributed by atoms with Gasteiger partial charge in [-0.15, -0.1) is 11.3 Å². The van der Waals surface area contributed by atoms with Crippen LogP contribution in [0.2, 0.25) is 4.34 Å². The number of piperidine rings is 1. The number of likely N-dealkylation sites (tertiary alicyclic amines) is 1. The van der Waals surface area contributed by atoms with E-state index in [1.165, 1.54) is 16.2 Å². The van der Waals surface area contributed by atoms with Gasteiger partial charge in [0.2, 0.25) is 5.91 Å². The van der Waals surface area contributed by atoms with Crippen LogP contribution in [0.1, 0.15) is 24.6 Å². The van der Waals surface area contributed by atoms with Crippen LogP contribution < -0.4 is 0 Å². The number of rotatable bonds is 3. The van der Waals surface area contributed by atoms with E-state index < -0.39 is 12.0 Å². The van der Waals surface area contributed by atoms with E-state index in [4.69, 9.17) is 11.6 Å². The Hall–Kier alpha value is -1.07. The molecule has 2 rings (SSSR count). The Morgan fingerprint density at radius 2 is 2.26 bits per heavy atom. The topological polar surface area (TPSA) is 57.6 Å². The molecule has 0 spiro atoms. The molecule has 0 aromatic carbocycles. The minimum atomic E-state index is -0.913. The summed E-state index contributed by atoms with van der Waals surface area (Å²) in [6.07, 6.45) is 1.63. The molecule has 6 heteroatoms. The third-order valence-electron chi connectivity index (χ3n) is 3.42. The Balaban J connectivity index is 2.06. The summed E-state index contributed by atoms with van der Waals surface area (Å²) in [5.41, 5.74) is 0. The number of aliphatic carboxylic acids is 1. The minimum absolute atomic E-state index is 0.127. The quantitative estimate of drug-likeness (QED) is 0.934. The molecule has 1 saturated heterocycles. The fourth-order valence-electron chi connectivity index (χ4n) is 2.37. The average molecular weight is 302 g/mol. The van der Waals surface area contributed by atoms with Gasteiger partial charge in [-0.2, -0.15) is 0 Å². The van der Waals surface area contributed by atoms with Crippen LogP contribution in [0.3, 0.4) is 0 Å². The van der Waals surface area contributed by atoms with Gasteiger partial charge in [-0.05, 0) is 30.9 Å². The van der Waals surface area contributed by atoms with E-state index in [0.29, 0.717) is 23.2 Å². The lowest BCUT2D eigenvalue weighted by molar-refractivity contribution is -0.152. The zero-order chi connectivity index (χ0) is 14.0. The van der Waals surface area contributed by atoms with Crippen LogP contribution in [0.5, 0.6) is 0 Å². The molecule has 1 aromatic rings. The van der Waals surface area contributed by atoms with E-state index in [0.717, 1.165) is 11.3 Å². The van der Waals surface area contributed by atoms with E-state index in [9.17, 15) is 14.7 Å². The van der Waals surface area contributed by atoms with Gasteiger partial charge in [0, 0.05) is 11.4 Å². The van der Waals surface area contributed by atoms with Crippen LogP contribution in [0.25, 0.3) is 0 Å². The molecular formula is C13H16ClNO3S. The standard InChI is InChI=1S/C13H16ClNO3S/c1-8-4-5-15(10(6-8)13(17)18)12(16)7-9-2-3-11(14)19-9/h2-3,8,10H,4-7H2,1H3,(H,17,18). The van der Waals surface area contributed by atoms with Crippen molar-refractivity contribution in [2.75, 3.05) is 6.54 Å². The monoisotopic (exact) mass is 301 g/mol. The predicted molar refractivity (Wildman–Crippen MR) is 74.6 cm³/mol. The molecule has 4 nitrogen and oxygen atoms in total. The minimum Gasteiger partial charge on any atom is -0.480 e. The molecule has 1 aromatic heterocycles. The average Bonchev–Trinajstić information content (AvgIpc) is 2.74. The lowest BCUT2D eigenvalue weighted by Gasteiger charge is -2.36. The first-order valence-corrected chi connectivity index (χ1v) is 7.43. The first-order valence-electron chi connectivity index (χ1n) is 6.24. The van der Waals surface area contributed by atoms with Gasteiger partial charge in [0.15, 0.2) is 0 Å². The Kier molecular flexibility index (Phi) is 4.47. The highest BCUT2D eigenvalue weighted by molar-refractivity contribution is 7.16. The summed E-state index contributed by atoms with van der Waals surface area (Å²) < 4.78 is 0.643. The number of carbonyl (C=O) groups is 2. The molecule has 1 aliphatic rings. The predicted octanol–water partition coefficient (Wildman–Crippen LogP) is 2.66. The molecule has 0 saturated carbocycles. The number of thiophene rings is 1. The maximum absolute atomic E-state index is 12.2. The lowest BCUT2D eigenvalue weighted by atomic mass is 9.92. The summed E-state index contributed by atoms with van der Waals surface area (Å²) in [7, 11) is 0. The molecule has 2 heterocycles. The van der Waals surface area contributed by atoms with E-state index in [1.54, 1.807) is 6.07 Å². The molecule has 2 unspecified atom stereocenters. The van der Waals surface area contributed by atoms with E-state index in [1.807, 2.05) is 13.0 Å². The molecule has 2 atom stereocenters. The van der Waals surface area contributed by atoms with Crippen molar-refractivity contribution in [3.8, 4) is 0 Å². The van der Waals surface area contributed by atoms with Crippen molar-refractivity contribution >= 4 is 34.8 Å². The van der Waals surface area contributed by atoms with Gasteiger partial charge in [-0.25, -0.2) is 4.79 Å². The van der Waals surface area contributed by atoms with E-state index in [2.05, 4.69) is 0 Å². The Morgan fingerprint density at radius 3 is 2.84 bits per heavy atom. The summed E-state index contributed by atoms with van der Waals surface area (Å²) in [5, 5.41) is 9.23. The second-order valence-electron chi connectivity index (χ2n) is 4.95. The van der Waals surface area contributed by atoms with Crippen molar-refractivity contribution in [2.45, 2.75) is 32.2 Å². The SMILES string of the molecule is CC1CCN(C(=O)Cc2ccc(Cl)s2)C(C(=O)O)C1. The molecule has 0 bridgehead atoms.